The van der Waals surface area contributed by atoms with Crippen molar-refractivity contribution in [2.75, 3.05) is 18.0 Å². The first kappa shape index (κ1) is 18.5. The molecule has 1 saturated heterocycles. The van der Waals surface area contributed by atoms with E-state index in [0.29, 0.717) is 18.1 Å². The second-order valence-corrected chi connectivity index (χ2v) is 7.30. The molecule has 5 heteroatoms. The van der Waals surface area contributed by atoms with Gasteiger partial charge in [0.25, 0.3) is 0 Å². The minimum absolute atomic E-state index is 0.00908. The molecule has 0 spiro atoms. The predicted molar refractivity (Wildman–Crippen MR) is 105 cm³/mol. The van der Waals surface area contributed by atoms with Crippen molar-refractivity contribution in [3.8, 4) is 0 Å². The van der Waals surface area contributed by atoms with Gasteiger partial charge in [-0.1, -0.05) is 41.4 Å². The molecule has 0 saturated carbocycles. The van der Waals surface area contributed by atoms with Crippen molar-refractivity contribution in [2.24, 2.45) is 5.92 Å². The fraction of sp³-hybridized carbons (Fsp3) is 0.333. The summed E-state index contributed by atoms with van der Waals surface area (Å²) in [6.45, 7) is 5.01. The summed E-state index contributed by atoms with van der Waals surface area (Å²) in [5.41, 5.74) is 4.24. The van der Waals surface area contributed by atoms with Crippen LogP contribution < -0.4 is 10.2 Å². The predicted octanol–water partition coefficient (Wildman–Crippen LogP) is 3.67. The average Bonchev–Trinajstić information content (AvgIpc) is 2.98. The van der Waals surface area contributed by atoms with E-state index in [2.05, 4.69) is 11.4 Å². The van der Waals surface area contributed by atoms with E-state index in [1.165, 1.54) is 0 Å². The molecule has 1 N–H and O–H groups in total. The maximum Gasteiger partial charge on any atom is 0.227 e. The number of aryl methyl sites for hydroxylation is 2. The Hall–Kier alpha value is -2.33. The van der Waals surface area contributed by atoms with Gasteiger partial charge in [0.2, 0.25) is 11.8 Å². The van der Waals surface area contributed by atoms with Gasteiger partial charge in [-0.05, 0) is 49.6 Å². The van der Waals surface area contributed by atoms with E-state index in [4.69, 9.17) is 11.6 Å². The second kappa shape index (κ2) is 7.92. The molecule has 1 aliphatic rings. The van der Waals surface area contributed by atoms with Gasteiger partial charge in [-0.2, -0.15) is 0 Å². The van der Waals surface area contributed by atoms with Gasteiger partial charge in [-0.3, -0.25) is 9.59 Å². The SMILES string of the molecule is Cc1ccc(N2CC(C(=O)NCCc3ccc(Cl)cc3)CC2=O)c(C)c1. The molecule has 2 aromatic carbocycles. The summed E-state index contributed by atoms with van der Waals surface area (Å²) in [4.78, 5) is 26.6. The molecule has 3 rings (SSSR count). The molecule has 1 heterocycles. The molecule has 0 radical (unpaired) electrons. The molecular weight excluding hydrogens is 348 g/mol. The molecule has 1 unspecified atom stereocenters. The Morgan fingerprint density at radius 3 is 2.62 bits per heavy atom. The van der Waals surface area contributed by atoms with Crippen LogP contribution in [0.4, 0.5) is 5.69 Å². The van der Waals surface area contributed by atoms with Crippen LogP contribution in [0.3, 0.4) is 0 Å². The highest BCUT2D eigenvalue weighted by Gasteiger charge is 2.35. The van der Waals surface area contributed by atoms with Gasteiger partial charge in [-0.25, -0.2) is 0 Å². The Morgan fingerprint density at radius 2 is 1.92 bits per heavy atom. The Kier molecular flexibility index (Phi) is 5.62. The minimum Gasteiger partial charge on any atom is -0.355 e. The topological polar surface area (TPSA) is 49.4 Å². The highest BCUT2D eigenvalue weighted by Crippen LogP contribution is 2.28. The molecule has 1 aliphatic heterocycles. The zero-order chi connectivity index (χ0) is 18.7. The van der Waals surface area contributed by atoms with Crippen LogP contribution in [0.5, 0.6) is 0 Å². The first-order chi connectivity index (χ1) is 12.4. The number of nitrogens with one attached hydrogen (secondary N) is 1. The van der Waals surface area contributed by atoms with Crippen molar-refractivity contribution in [1.82, 2.24) is 5.32 Å². The van der Waals surface area contributed by atoms with Gasteiger partial charge in [0.15, 0.2) is 0 Å². The van der Waals surface area contributed by atoms with Crippen molar-refractivity contribution in [1.29, 1.82) is 0 Å². The van der Waals surface area contributed by atoms with Crippen LogP contribution in [0.15, 0.2) is 42.5 Å². The maximum absolute atomic E-state index is 12.4. The number of halogens is 1. The molecule has 0 aromatic heterocycles. The molecule has 1 fully saturated rings. The Labute approximate surface area is 159 Å². The largest absolute Gasteiger partial charge is 0.355 e. The number of anilines is 1. The van der Waals surface area contributed by atoms with Crippen molar-refractivity contribution in [2.45, 2.75) is 26.7 Å². The van der Waals surface area contributed by atoms with Crippen molar-refractivity contribution in [3.63, 3.8) is 0 Å². The van der Waals surface area contributed by atoms with Gasteiger partial charge in [-0.15, -0.1) is 0 Å². The van der Waals surface area contributed by atoms with E-state index in [-0.39, 0.29) is 24.2 Å². The lowest BCUT2D eigenvalue weighted by Crippen LogP contribution is -2.34. The van der Waals surface area contributed by atoms with Crippen LogP contribution in [0, 0.1) is 19.8 Å². The number of hydrogen-bond acceptors (Lipinski definition) is 2. The second-order valence-electron chi connectivity index (χ2n) is 6.86. The number of carbonyl (C=O) groups excluding carboxylic acids is 2. The van der Waals surface area contributed by atoms with Gasteiger partial charge in [0, 0.05) is 30.2 Å². The van der Waals surface area contributed by atoms with Crippen LogP contribution in [0.2, 0.25) is 5.02 Å². The zero-order valence-corrected chi connectivity index (χ0v) is 15.8. The molecule has 0 aliphatic carbocycles. The van der Waals surface area contributed by atoms with Crippen LogP contribution in [-0.2, 0) is 16.0 Å². The summed E-state index contributed by atoms with van der Waals surface area (Å²) in [6, 6.07) is 13.6. The van der Waals surface area contributed by atoms with Crippen LogP contribution in [0.1, 0.15) is 23.1 Å². The summed E-state index contributed by atoms with van der Waals surface area (Å²) >= 11 is 5.87. The smallest absolute Gasteiger partial charge is 0.227 e. The summed E-state index contributed by atoms with van der Waals surface area (Å²) in [5, 5.41) is 3.66. The summed E-state index contributed by atoms with van der Waals surface area (Å²) in [6.07, 6.45) is 1.00. The third-order valence-electron chi connectivity index (χ3n) is 4.77. The van der Waals surface area contributed by atoms with E-state index in [1.54, 1.807) is 4.90 Å². The number of rotatable bonds is 5. The average molecular weight is 371 g/mol. The summed E-state index contributed by atoms with van der Waals surface area (Å²) < 4.78 is 0. The fourth-order valence-electron chi connectivity index (χ4n) is 3.35. The molecule has 0 bridgehead atoms. The van der Waals surface area contributed by atoms with Crippen LogP contribution in [0.25, 0.3) is 0 Å². The lowest BCUT2D eigenvalue weighted by molar-refractivity contribution is -0.126. The maximum atomic E-state index is 12.4. The van der Waals surface area contributed by atoms with E-state index in [0.717, 1.165) is 28.8 Å². The van der Waals surface area contributed by atoms with Crippen LogP contribution in [-0.4, -0.2) is 24.9 Å². The van der Waals surface area contributed by atoms with Crippen molar-refractivity contribution >= 4 is 29.1 Å². The van der Waals surface area contributed by atoms with Crippen molar-refractivity contribution in [3.05, 3.63) is 64.2 Å². The summed E-state index contributed by atoms with van der Waals surface area (Å²) in [7, 11) is 0. The van der Waals surface area contributed by atoms with E-state index in [1.807, 2.05) is 50.2 Å². The van der Waals surface area contributed by atoms with Gasteiger partial charge in [0.05, 0.1) is 5.92 Å². The van der Waals surface area contributed by atoms with Gasteiger partial charge < -0.3 is 10.2 Å². The van der Waals surface area contributed by atoms with Gasteiger partial charge in [0.1, 0.15) is 0 Å². The third kappa shape index (κ3) is 4.25. The number of amides is 2. The fourth-order valence-corrected chi connectivity index (χ4v) is 3.48. The van der Waals surface area contributed by atoms with E-state index >= 15 is 0 Å². The lowest BCUT2D eigenvalue weighted by Gasteiger charge is -2.19. The Bertz CT molecular complexity index is 817. The molecule has 1 atom stereocenters. The monoisotopic (exact) mass is 370 g/mol. The minimum atomic E-state index is -0.298. The first-order valence-electron chi connectivity index (χ1n) is 8.84. The Balaban J connectivity index is 1.56. The normalized spacial score (nSPS) is 16.8. The molecular formula is C21H23ClN2O2. The molecule has 2 amide bonds. The first-order valence-corrected chi connectivity index (χ1v) is 9.21. The van der Waals surface area contributed by atoms with E-state index in [9.17, 15) is 9.59 Å². The molecule has 26 heavy (non-hydrogen) atoms. The highest BCUT2D eigenvalue weighted by molar-refractivity contribution is 6.30. The van der Waals surface area contributed by atoms with Gasteiger partial charge >= 0.3 is 0 Å². The number of benzene rings is 2. The highest BCUT2D eigenvalue weighted by atomic mass is 35.5. The molecule has 2 aromatic rings. The molecule has 136 valence electrons. The third-order valence-corrected chi connectivity index (χ3v) is 5.02. The van der Waals surface area contributed by atoms with Crippen LogP contribution >= 0.6 is 11.6 Å². The quantitative estimate of drug-likeness (QED) is 0.873. The van der Waals surface area contributed by atoms with Crippen molar-refractivity contribution < 1.29 is 9.59 Å². The van der Waals surface area contributed by atoms with E-state index < -0.39 is 0 Å². The summed E-state index contributed by atoms with van der Waals surface area (Å²) in [5.74, 6) is -0.345. The number of hydrogen-bond donors (Lipinski definition) is 1. The lowest BCUT2D eigenvalue weighted by atomic mass is 10.1. The number of nitrogens with zero attached hydrogens (tertiary/aromatic N) is 1. The zero-order valence-electron chi connectivity index (χ0n) is 15.1. The number of carbonyl (C=O) groups is 2. The Morgan fingerprint density at radius 1 is 1.19 bits per heavy atom. The standard InChI is InChI=1S/C21H23ClN2O2/c1-14-3-8-19(15(2)11-14)24-13-17(12-20(24)25)21(26)23-10-9-16-4-6-18(22)7-5-16/h3-8,11,17H,9-10,12-13H2,1-2H3,(H,23,26). The molecule has 4 nitrogen and oxygen atoms in total.